The van der Waals surface area contributed by atoms with Gasteiger partial charge in [-0.15, -0.1) is 0 Å². The van der Waals surface area contributed by atoms with Gasteiger partial charge < -0.3 is 9.88 Å². The molecular formula is C36H35N3O. The van der Waals surface area contributed by atoms with E-state index in [1.54, 1.807) is 0 Å². The predicted molar refractivity (Wildman–Crippen MR) is 164 cm³/mol. The molecule has 1 amide bonds. The van der Waals surface area contributed by atoms with Crippen molar-refractivity contribution in [3.05, 3.63) is 130 Å². The van der Waals surface area contributed by atoms with Crippen LogP contribution in [-0.2, 0) is 6.54 Å². The van der Waals surface area contributed by atoms with E-state index in [4.69, 9.17) is 0 Å². The fourth-order valence-electron chi connectivity index (χ4n) is 5.35. The van der Waals surface area contributed by atoms with E-state index in [1.807, 2.05) is 43.3 Å². The second kappa shape index (κ2) is 11.2. The van der Waals surface area contributed by atoms with Gasteiger partial charge in [-0.2, -0.15) is 5.26 Å². The largest absolute Gasteiger partial charge is 0.346 e. The summed E-state index contributed by atoms with van der Waals surface area (Å²) in [7, 11) is 0. The zero-order valence-electron chi connectivity index (χ0n) is 23.8. The number of benzene rings is 4. The van der Waals surface area contributed by atoms with Crippen LogP contribution in [0.5, 0.6) is 0 Å². The lowest BCUT2D eigenvalue weighted by atomic mass is 9.98. The van der Waals surface area contributed by atoms with Crippen LogP contribution in [0.1, 0.15) is 76.6 Å². The molecule has 200 valence electrons. The average Bonchev–Trinajstić information content (AvgIpc) is 3.21. The summed E-state index contributed by atoms with van der Waals surface area (Å²) in [6, 6.07) is 32.7. The van der Waals surface area contributed by atoms with Gasteiger partial charge in [-0.3, -0.25) is 4.79 Å². The second-order valence-electron chi connectivity index (χ2n) is 10.9. The quantitative estimate of drug-likeness (QED) is 0.232. The molecule has 4 heteroatoms. The van der Waals surface area contributed by atoms with E-state index in [1.165, 1.54) is 22.4 Å². The molecule has 0 spiro atoms. The van der Waals surface area contributed by atoms with E-state index in [0.717, 1.165) is 34.1 Å². The topological polar surface area (TPSA) is 57.8 Å². The number of aromatic nitrogens is 1. The minimum absolute atomic E-state index is 0.0672. The number of nitrogens with one attached hydrogen (secondary N) is 1. The van der Waals surface area contributed by atoms with Gasteiger partial charge >= 0.3 is 0 Å². The summed E-state index contributed by atoms with van der Waals surface area (Å²) in [5.74, 6) is 0.376. The zero-order valence-corrected chi connectivity index (χ0v) is 23.8. The van der Waals surface area contributed by atoms with E-state index in [0.29, 0.717) is 17.0 Å². The van der Waals surface area contributed by atoms with Crippen molar-refractivity contribution in [1.29, 1.82) is 5.26 Å². The molecule has 4 aromatic carbocycles. The molecule has 40 heavy (non-hydrogen) atoms. The molecule has 0 saturated heterocycles. The Bertz CT molecular complexity index is 1740. The molecule has 0 radical (unpaired) electrons. The van der Waals surface area contributed by atoms with E-state index in [2.05, 4.69) is 98.2 Å². The van der Waals surface area contributed by atoms with Crippen molar-refractivity contribution in [1.82, 2.24) is 9.88 Å². The Hall–Kier alpha value is -4.62. The Morgan fingerprint density at radius 2 is 1.60 bits per heavy atom. The van der Waals surface area contributed by atoms with Crippen LogP contribution in [0, 0.1) is 25.2 Å². The molecule has 5 rings (SSSR count). The van der Waals surface area contributed by atoms with Gasteiger partial charge in [0.1, 0.15) is 0 Å². The third-order valence-electron chi connectivity index (χ3n) is 7.98. The number of hydrogen-bond donors (Lipinski definition) is 1. The number of rotatable bonds is 7. The number of aryl methyl sites for hydroxylation is 1. The maximum atomic E-state index is 13.2. The number of hydrogen-bond acceptors (Lipinski definition) is 2. The van der Waals surface area contributed by atoms with Crippen LogP contribution in [0.25, 0.3) is 22.0 Å². The molecule has 1 N–H and O–H groups in total. The van der Waals surface area contributed by atoms with Crippen LogP contribution in [0.2, 0.25) is 0 Å². The molecule has 5 aromatic rings. The van der Waals surface area contributed by atoms with Gasteiger partial charge in [-0.25, -0.2) is 0 Å². The van der Waals surface area contributed by atoms with Crippen molar-refractivity contribution in [3.63, 3.8) is 0 Å². The number of fused-ring (bicyclic) bond motifs is 1. The molecule has 0 fully saturated rings. The van der Waals surface area contributed by atoms with Crippen LogP contribution >= 0.6 is 0 Å². The number of carbonyl (C=O) groups is 1. The monoisotopic (exact) mass is 525 g/mol. The maximum absolute atomic E-state index is 13.2. The zero-order chi connectivity index (χ0) is 28.4. The van der Waals surface area contributed by atoms with Crippen molar-refractivity contribution < 1.29 is 4.79 Å². The smallest absolute Gasteiger partial charge is 0.251 e. The molecule has 1 aromatic heterocycles. The Morgan fingerprint density at radius 3 is 2.33 bits per heavy atom. The Labute approximate surface area is 236 Å². The van der Waals surface area contributed by atoms with Gasteiger partial charge in [0.15, 0.2) is 0 Å². The minimum atomic E-state index is -0.0857. The van der Waals surface area contributed by atoms with Crippen LogP contribution < -0.4 is 5.32 Å². The molecule has 1 heterocycles. The summed E-state index contributed by atoms with van der Waals surface area (Å²) in [5, 5.41) is 13.7. The maximum Gasteiger partial charge on any atom is 0.251 e. The number of amides is 1. The highest BCUT2D eigenvalue weighted by Gasteiger charge is 2.17. The normalized spacial score (nSPS) is 11.9. The van der Waals surface area contributed by atoms with Gasteiger partial charge in [-0.05, 0) is 84.3 Å². The third kappa shape index (κ3) is 5.28. The highest BCUT2D eigenvalue weighted by atomic mass is 16.1. The third-order valence-corrected chi connectivity index (χ3v) is 7.98. The Balaban J connectivity index is 1.37. The Kier molecular flexibility index (Phi) is 7.58. The number of carbonyl (C=O) groups excluding carboxylic acids is 1. The number of nitriles is 1. The van der Waals surface area contributed by atoms with Crippen molar-refractivity contribution in [3.8, 4) is 17.2 Å². The van der Waals surface area contributed by atoms with E-state index in [-0.39, 0.29) is 11.9 Å². The van der Waals surface area contributed by atoms with E-state index < -0.39 is 0 Å². The second-order valence-corrected chi connectivity index (χ2v) is 10.9. The van der Waals surface area contributed by atoms with Crippen molar-refractivity contribution >= 4 is 16.8 Å². The van der Waals surface area contributed by atoms with Crippen LogP contribution in [0.15, 0.2) is 91.0 Å². The summed E-state index contributed by atoms with van der Waals surface area (Å²) in [4.78, 5) is 13.2. The fraction of sp³-hybridized carbons (Fsp3) is 0.222. The first-order valence-electron chi connectivity index (χ1n) is 13.9. The van der Waals surface area contributed by atoms with Crippen molar-refractivity contribution in [2.45, 2.75) is 53.1 Å². The van der Waals surface area contributed by atoms with Gasteiger partial charge in [0, 0.05) is 28.7 Å². The van der Waals surface area contributed by atoms with Crippen LogP contribution in [0.4, 0.5) is 0 Å². The predicted octanol–water partition coefficient (Wildman–Crippen LogP) is 8.46. The molecule has 0 unspecified atom stereocenters. The summed E-state index contributed by atoms with van der Waals surface area (Å²) >= 11 is 0. The first-order chi connectivity index (χ1) is 19.3. The van der Waals surface area contributed by atoms with Gasteiger partial charge in [0.05, 0.1) is 17.7 Å². The van der Waals surface area contributed by atoms with Crippen molar-refractivity contribution in [2.24, 2.45) is 0 Å². The highest BCUT2D eigenvalue weighted by molar-refractivity contribution is 5.99. The van der Waals surface area contributed by atoms with E-state index >= 15 is 0 Å². The molecule has 0 bridgehead atoms. The summed E-state index contributed by atoms with van der Waals surface area (Å²) in [6.07, 6.45) is 0. The van der Waals surface area contributed by atoms with Gasteiger partial charge in [-0.1, -0.05) is 80.6 Å². The molecule has 0 aliphatic heterocycles. The molecule has 0 saturated carbocycles. The average molecular weight is 526 g/mol. The number of nitrogens with zero attached hydrogens (tertiary/aromatic N) is 2. The Morgan fingerprint density at radius 1 is 0.875 bits per heavy atom. The first-order valence-corrected chi connectivity index (χ1v) is 13.9. The van der Waals surface area contributed by atoms with Gasteiger partial charge in [0.2, 0.25) is 0 Å². The standard InChI is InChI=1S/C36H35N3O/c1-23(2)29-10-8-11-30(19-29)25(4)38-36(40)31-17-18-35-34(20-31)24(3)26(5)39(35)22-27-13-15-28(16-14-27)33-12-7-6-9-32(33)21-37/h6-20,23,25H,22H2,1-5H3,(H,38,40)/t25-/m0/s1. The van der Waals surface area contributed by atoms with Crippen molar-refractivity contribution in [2.75, 3.05) is 0 Å². The van der Waals surface area contributed by atoms with Gasteiger partial charge in [0.25, 0.3) is 5.91 Å². The van der Waals surface area contributed by atoms with Crippen LogP contribution in [0.3, 0.4) is 0 Å². The lowest BCUT2D eigenvalue weighted by Crippen LogP contribution is -2.26. The molecule has 0 aliphatic rings. The summed E-state index contributed by atoms with van der Waals surface area (Å²) in [6.45, 7) is 11.4. The molecule has 4 nitrogen and oxygen atoms in total. The van der Waals surface area contributed by atoms with Crippen LogP contribution in [-0.4, -0.2) is 10.5 Å². The lowest BCUT2D eigenvalue weighted by Gasteiger charge is -2.16. The molecular weight excluding hydrogens is 490 g/mol. The summed E-state index contributed by atoms with van der Waals surface area (Å²) in [5.41, 5.74) is 10.4. The fourth-order valence-corrected chi connectivity index (χ4v) is 5.35. The highest BCUT2D eigenvalue weighted by Crippen LogP contribution is 2.29. The van der Waals surface area contributed by atoms with E-state index in [9.17, 15) is 10.1 Å². The summed E-state index contributed by atoms with van der Waals surface area (Å²) < 4.78 is 2.31. The SMILES string of the molecule is Cc1c(C)n(Cc2ccc(-c3ccccc3C#N)cc2)c2ccc(C(=O)N[C@@H](C)c3cccc(C(C)C)c3)cc12. The molecule has 0 aliphatic carbocycles. The molecule has 1 atom stereocenters. The minimum Gasteiger partial charge on any atom is -0.346 e. The first kappa shape index (κ1) is 27.0. The lowest BCUT2D eigenvalue weighted by molar-refractivity contribution is 0.0940.